The largest absolute Gasteiger partial charge is 0.481 e. The molecule has 49 heavy (non-hydrogen) atoms. The summed E-state index contributed by atoms with van der Waals surface area (Å²) in [4.78, 5) is 41.8. The minimum Gasteiger partial charge on any atom is -0.481 e. The van der Waals surface area contributed by atoms with Gasteiger partial charge in [0, 0.05) is 37.2 Å². The fourth-order valence-corrected chi connectivity index (χ4v) is 6.54. The van der Waals surface area contributed by atoms with Crippen molar-refractivity contribution < 1.29 is 36.6 Å². The van der Waals surface area contributed by atoms with Crippen LogP contribution in [-0.4, -0.2) is 57.5 Å². The first-order valence-electron chi connectivity index (χ1n) is 16.5. The van der Waals surface area contributed by atoms with E-state index in [9.17, 15) is 37.1 Å². The van der Waals surface area contributed by atoms with Crippen LogP contribution in [0.2, 0.25) is 0 Å². The lowest BCUT2D eigenvalue weighted by Crippen LogP contribution is -2.49. The quantitative estimate of drug-likeness (QED) is 0.194. The van der Waals surface area contributed by atoms with Crippen molar-refractivity contribution in [3.63, 3.8) is 0 Å². The summed E-state index contributed by atoms with van der Waals surface area (Å²) in [5.74, 6) is -4.22. The Labute approximate surface area is 281 Å². The number of nitrogens with one attached hydrogen (secondary N) is 1. The lowest BCUT2D eigenvalue weighted by Gasteiger charge is -2.34. The van der Waals surface area contributed by atoms with Crippen LogP contribution in [0.15, 0.2) is 41.2 Å². The Morgan fingerprint density at radius 3 is 2.29 bits per heavy atom. The highest BCUT2D eigenvalue weighted by molar-refractivity contribution is 5.82. The average Bonchev–Trinajstić information content (AvgIpc) is 3.83. The summed E-state index contributed by atoms with van der Waals surface area (Å²) >= 11 is 0. The number of alkyl halides is 4. The summed E-state index contributed by atoms with van der Waals surface area (Å²) in [6.07, 6.45) is -4.89. The molecule has 264 valence electrons. The summed E-state index contributed by atoms with van der Waals surface area (Å²) in [7, 11) is 0. The van der Waals surface area contributed by atoms with Gasteiger partial charge in [-0.1, -0.05) is 32.0 Å². The summed E-state index contributed by atoms with van der Waals surface area (Å²) in [6.45, 7) is 8.11. The molecule has 8 nitrogen and oxygen atoms in total. The van der Waals surface area contributed by atoms with Crippen LogP contribution < -0.4 is 10.9 Å². The molecule has 5 rings (SSSR count). The molecule has 2 N–H and O–H groups in total. The number of aryl methyl sites for hydroxylation is 2. The normalized spacial score (nSPS) is 16.8. The van der Waals surface area contributed by atoms with Gasteiger partial charge in [-0.3, -0.25) is 19.3 Å². The maximum Gasteiger partial charge on any atom is 0.419 e. The Hall–Kier alpha value is -4.13. The van der Waals surface area contributed by atoms with E-state index in [1.54, 1.807) is 38.1 Å². The molecule has 1 aliphatic heterocycles. The highest BCUT2D eigenvalue weighted by Gasteiger charge is 2.39. The second-order valence-corrected chi connectivity index (χ2v) is 13.7. The van der Waals surface area contributed by atoms with Gasteiger partial charge in [-0.15, -0.1) is 0 Å². The van der Waals surface area contributed by atoms with Crippen LogP contribution in [0.25, 0.3) is 11.1 Å². The molecule has 1 saturated carbocycles. The van der Waals surface area contributed by atoms with Gasteiger partial charge in [-0.2, -0.15) is 18.3 Å². The zero-order chi connectivity index (χ0) is 35.8. The van der Waals surface area contributed by atoms with Crippen LogP contribution in [0.5, 0.6) is 0 Å². The number of carboxylic acids is 1. The monoisotopic (exact) mass is 688 g/mol. The number of nitrogens with zero attached hydrogens (tertiary/aromatic N) is 3. The summed E-state index contributed by atoms with van der Waals surface area (Å²) in [5.41, 5.74) is -0.0215. The van der Waals surface area contributed by atoms with E-state index in [0.29, 0.717) is 60.1 Å². The molecule has 1 saturated heterocycles. The molecule has 2 aliphatic rings. The molecule has 2 aromatic carbocycles. The van der Waals surface area contributed by atoms with Crippen molar-refractivity contribution in [3.8, 4) is 11.1 Å². The Kier molecular flexibility index (Phi) is 10.6. The fourth-order valence-electron chi connectivity index (χ4n) is 6.54. The van der Waals surface area contributed by atoms with E-state index in [0.717, 1.165) is 23.6 Å². The van der Waals surface area contributed by atoms with E-state index >= 15 is 4.39 Å². The minimum absolute atomic E-state index is 0.00947. The van der Waals surface area contributed by atoms with Crippen LogP contribution in [-0.2, 0) is 22.2 Å². The first kappa shape index (κ1) is 36.2. The average molecular weight is 689 g/mol. The topological polar surface area (TPSA) is 105 Å². The number of hydrogen-bond acceptors (Lipinski definition) is 5. The Bertz CT molecular complexity index is 1760. The molecule has 2 heterocycles. The minimum atomic E-state index is -5.12. The molecular formula is C36H41F5N4O4. The predicted octanol–water partition coefficient (Wildman–Crippen LogP) is 6.68. The number of aliphatic carboxylic acids is 1. The van der Waals surface area contributed by atoms with Crippen LogP contribution >= 0.6 is 0 Å². The Balaban J connectivity index is 1.57. The van der Waals surface area contributed by atoms with E-state index in [-0.39, 0.29) is 23.8 Å². The number of carbonyl (C=O) groups is 2. The number of carboxylic acid groups (broad SMARTS) is 1. The third-order valence-corrected chi connectivity index (χ3v) is 9.17. The Morgan fingerprint density at radius 1 is 1.08 bits per heavy atom. The molecule has 0 spiro atoms. The van der Waals surface area contributed by atoms with Crippen molar-refractivity contribution in [2.75, 3.05) is 19.6 Å². The van der Waals surface area contributed by atoms with Crippen molar-refractivity contribution in [1.82, 2.24) is 20.0 Å². The number of halogens is 5. The second-order valence-electron chi connectivity index (χ2n) is 13.7. The molecular weight excluding hydrogens is 647 g/mol. The van der Waals surface area contributed by atoms with Crippen LogP contribution in [0.3, 0.4) is 0 Å². The summed E-state index contributed by atoms with van der Waals surface area (Å²) < 4.78 is 73.1. The van der Waals surface area contributed by atoms with Crippen molar-refractivity contribution in [3.05, 3.63) is 86.1 Å². The van der Waals surface area contributed by atoms with Gasteiger partial charge in [0.25, 0.3) is 5.56 Å². The third kappa shape index (κ3) is 8.37. The maximum absolute atomic E-state index is 15.9. The molecule has 0 unspecified atom stereocenters. The predicted molar refractivity (Wildman–Crippen MR) is 173 cm³/mol. The highest BCUT2D eigenvalue weighted by atomic mass is 19.4. The molecule has 1 aromatic heterocycles. The zero-order valence-electron chi connectivity index (χ0n) is 27.9. The Morgan fingerprint density at radius 2 is 1.73 bits per heavy atom. The number of likely N-dealkylation sites (tertiary alicyclic amines) is 1. The molecule has 13 heteroatoms. The van der Waals surface area contributed by atoms with Gasteiger partial charge in [0.15, 0.2) is 0 Å². The summed E-state index contributed by atoms with van der Waals surface area (Å²) in [6, 6.07) is 5.70. The molecule has 0 radical (unpaired) electrons. The number of carbonyl (C=O) groups excluding carboxylic acids is 1. The van der Waals surface area contributed by atoms with Gasteiger partial charge in [-0.25, -0.2) is 13.5 Å². The van der Waals surface area contributed by atoms with Crippen LogP contribution in [0, 0.1) is 25.6 Å². The van der Waals surface area contributed by atoms with Gasteiger partial charge < -0.3 is 10.4 Å². The van der Waals surface area contributed by atoms with Crippen molar-refractivity contribution in [2.24, 2.45) is 5.92 Å². The van der Waals surface area contributed by atoms with E-state index in [1.807, 2.05) is 18.7 Å². The van der Waals surface area contributed by atoms with Gasteiger partial charge in [0.05, 0.1) is 23.7 Å². The van der Waals surface area contributed by atoms with Crippen LogP contribution in [0.4, 0.5) is 22.0 Å². The maximum atomic E-state index is 15.9. The van der Waals surface area contributed by atoms with Gasteiger partial charge in [0.1, 0.15) is 18.0 Å². The van der Waals surface area contributed by atoms with Crippen LogP contribution in [0.1, 0.15) is 91.0 Å². The van der Waals surface area contributed by atoms with E-state index in [4.69, 9.17) is 0 Å². The fraction of sp³-hybridized carbons (Fsp3) is 0.500. The van der Waals surface area contributed by atoms with E-state index in [2.05, 4.69) is 10.4 Å². The number of rotatable bonds is 13. The molecule has 2 fully saturated rings. The number of aromatic nitrogens is 2. The van der Waals surface area contributed by atoms with Crippen molar-refractivity contribution in [1.29, 1.82) is 0 Å². The highest BCUT2D eigenvalue weighted by Crippen LogP contribution is 2.41. The smallest absolute Gasteiger partial charge is 0.419 e. The lowest BCUT2D eigenvalue weighted by atomic mass is 9.90. The third-order valence-electron chi connectivity index (χ3n) is 9.17. The van der Waals surface area contributed by atoms with Crippen molar-refractivity contribution >= 4 is 11.9 Å². The zero-order valence-corrected chi connectivity index (χ0v) is 27.9. The standard InChI is InChI=1S/C36H41F5N4O4/c1-19(2)12-30(45-35(49)26(22-8-9-22)15-25(43-45)10-11-44-17-24(37)18-44)34(48)42-29(16-31(46)47)27-13-23(14-28(33(27)38)36(39,40)41)32-20(3)6-5-7-21(32)4/h5-7,13-15,19,22,24,29-30H,8-12,16-18H2,1-4H3,(H,42,48)(H,46,47)/t29-,30-/m0/s1. The van der Waals surface area contributed by atoms with Gasteiger partial charge in [0.2, 0.25) is 5.91 Å². The van der Waals surface area contributed by atoms with Gasteiger partial charge >= 0.3 is 12.1 Å². The number of benzene rings is 2. The lowest BCUT2D eigenvalue weighted by molar-refractivity contribution is -0.140. The molecule has 1 aliphatic carbocycles. The van der Waals surface area contributed by atoms with Crippen molar-refractivity contribution in [2.45, 2.75) is 90.1 Å². The molecule has 1 amide bonds. The first-order chi connectivity index (χ1) is 23.0. The second kappa shape index (κ2) is 14.4. The number of hydrogen-bond donors (Lipinski definition) is 2. The SMILES string of the molecule is Cc1cccc(C)c1-c1cc([C@H](CC(=O)O)NC(=O)[C@H](CC(C)C)n2nc(CCN3CC(F)C3)cc(C3CC3)c2=O)c(F)c(C(F)(F)F)c1. The molecule has 2 atom stereocenters. The van der Waals surface area contributed by atoms with Gasteiger partial charge in [-0.05, 0) is 85.4 Å². The number of amides is 1. The first-order valence-corrected chi connectivity index (χ1v) is 16.5. The molecule has 0 bridgehead atoms. The molecule has 3 aromatic rings. The van der Waals surface area contributed by atoms with E-state index in [1.165, 1.54) is 0 Å². The summed E-state index contributed by atoms with van der Waals surface area (Å²) in [5, 5.41) is 16.8. The van der Waals surface area contributed by atoms with E-state index < -0.39 is 65.2 Å².